The molecule has 214 valence electrons. The summed E-state index contributed by atoms with van der Waals surface area (Å²) in [5, 5.41) is 12.4. The van der Waals surface area contributed by atoms with Crippen molar-refractivity contribution in [3.63, 3.8) is 0 Å². The molecule has 0 aliphatic heterocycles. The lowest BCUT2D eigenvalue weighted by molar-refractivity contribution is 0.277. The number of aliphatic hydroxyl groups excluding tert-OH is 1. The molecule has 2 aromatic carbocycles. The van der Waals surface area contributed by atoms with Gasteiger partial charge in [-0.15, -0.1) is 0 Å². The first-order valence-corrected chi connectivity index (χ1v) is 15.0. The van der Waals surface area contributed by atoms with Crippen LogP contribution in [0, 0.1) is 0 Å². The minimum absolute atomic E-state index is 0.205. The third-order valence-corrected chi connectivity index (χ3v) is 7.26. The average Bonchev–Trinajstić information content (AvgIpc) is 3.18. The van der Waals surface area contributed by atoms with Crippen molar-refractivity contribution in [3.8, 4) is 0 Å². The number of unbranched alkanes of at least 4 members (excludes halogenated alkanes) is 1. The number of allylic oxidation sites excluding steroid dienone is 6. The summed E-state index contributed by atoms with van der Waals surface area (Å²) >= 11 is 0. The van der Waals surface area contributed by atoms with Gasteiger partial charge in [-0.2, -0.15) is 0 Å². The molecule has 3 heteroatoms. The summed E-state index contributed by atoms with van der Waals surface area (Å²) in [6.07, 6.45) is 19.7. The van der Waals surface area contributed by atoms with Crippen LogP contribution in [0.1, 0.15) is 93.9 Å². The van der Waals surface area contributed by atoms with E-state index in [4.69, 9.17) is 5.11 Å². The number of aliphatic hydroxyl groups is 1. The van der Waals surface area contributed by atoms with E-state index in [-0.39, 0.29) is 12.5 Å². The Morgan fingerprint density at radius 2 is 1.41 bits per heavy atom. The fourth-order valence-electron chi connectivity index (χ4n) is 5.13. The smallest absolute Gasteiger partial charge is 0.0556 e. The molecule has 39 heavy (non-hydrogen) atoms. The first kappa shape index (κ1) is 32.8. The van der Waals surface area contributed by atoms with E-state index in [0.29, 0.717) is 12.6 Å². The van der Waals surface area contributed by atoms with Gasteiger partial charge in [0.2, 0.25) is 0 Å². The van der Waals surface area contributed by atoms with Crippen molar-refractivity contribution in [1.82, 2.24) is 5.32 Å². The van der Waals surface area contributed by atoms with Gasteiger partial charge in [0.15, 0.2) is 0 Å². The molecule has 0 amide bonds. The molecule has 0 aromatic heterocycles. The molecule has 2 atom stereocenters. The Morgan fingerprint density at radius 3 is 1.95 bits per heavy atom. The van der Waals surface area contributed by atoms with Gasteiger partial charge < -0.3 is 15.2 Å². The van der Waals surface area contributed by atoms with Gasteiger partial charge in [0.25, 0.3) is 0 Å². The lowest BCUT2D eigenvalue weighted by atomic mass is 9.82. The third kappa shape index (κ3) is 12.1. The summed E-state index contributed by atoms with van der Waals surface area (Å²) < 4.78 is 4.25. The minimum Gasteiger partial charge on any atom is -0.395 e. The highest BCUT2D eigenvalue weighted by molar-refractivity contribution is 5.46. The summed E-state index contributed by atoms with van der Waals surface area (Å²) in [5.74, 6) is 0.281. The maximum atomic E-state index is 8.99. The maximum absolute atomic E-state index is 8.99. The van der Waals surface area contributed by atoms with Crippen molar-refractivity contribution >= 4 is 0 Å². The number of aryl methyl sites for hydroxylation is 2. The molecule has 2 aromatic rings. The van der Waals surface area contributed by atoms with Crippen LogP contribution in [-0.4, -0.2) is 38.5 Å². The van der Waals surface area contributed by atoms with Crippen LogP contribution in [0.25, 0.3) is 0 Å². The maximum Gasteiger partial charge on any atom is 0.0556 e. The van der Waals surface area contributed by atoms with Crippen LogP contribution in [0.4, 0.5) is 0 Å². The average molecular weight is 532 g/mol. The molecule has 0 heterocycles. The zero-order valence-electron chi connectivity index (χ0n) is 25.2. The topological polar surface area (TPSA) is 41.5 Å². The zero-order valence-corrected chi connectivity index (χ0v) is 25.2. The monoisotopic (exact) mass is 531 g/mol. The molecule has 3 nitrogen and oxygen atoms in total. The molecule has 1 aliphatic rings. The summed E-state index contributed by atoms with van der Waals surface area (Å²) in [4.78, 5) is 0. The summed E-state index contributed by atoms with van der Waals surface area (Å²) in [5.41, 5.74) is 8.51. The SMILES string of the molecule is CCCCc1ccc(C(C2=CC=C(CCC)C=CC2)c2ccc(CCCC(C)NCCO)cc2)cc1.COC. The predicted molar refractivity (Wildman–Crippen MR) is 169 cm³/mol. The van der Waals surface area contributed by atoms with Gasteiger partial charge in [0.05, 0.1) is 6.61 Å². The van der Waals surface area contributed by atoms with Crippen molar-refractivity contribution in [1.29, 1.82) is 0 Å². The zero-order chi connectivity index (χ0) is 28.3. The van der Waals surface area contributed by atoms with Crippen molar-refractivity contribution in [2.75, 3.05) is 27.4 Å². The quantitative estimate of drug-likeness (QED) is 0.243. The Bertz CT molecular complexity index is 1000. The molecule has 2 N–H and O–H groups in total. The Labute approximate surface area is 239 Å². The van der Waals surface area contributed by atoms with Gasteiger partial charge in [-0.3, -0.25) is 0 Å². The van der Waals surface area contributed by atoms with E-state index in [1.165, 1.54) is 59.1 Å². The van der Waals surface area contributed by atoms with Crippen LogP contribution in [0.15, 0.2) is 84.0 Å². The Morgan fingerprint density at radius 1 is 0.821 bits per heavy atom. The number of rotatable bonds is 15. The number of hydrogen-bond donors (Lipinski definition) is 2. The molecular weight excluding hydrogens is 478 g/mol. The highest BCUT2D eigenvalue weighted by Crippen LogP contribution is 2.36. The van der Waals surface area contributed by atoms with E-state index >= 15 is 0 Å². The van der Waals surface area contributed by atoms with E-state index in [0.717, 1.165) is 32.1 Å². The fourth-order valence-corrected chi connectivity index (χ4v) is 5.13. The van der Waals surface area contributed by atoms with Crippen LogP contribution in [0.5, 0.6) is 0 Å². The molecule has 3 rings (SSSR count). The van der Waals surface area contributed by atoms with Gasteiger partial charge in [-0.25, -0.2) is 0 Å². The number of ether oxygens (including phenoxy) is 1. The second-order valence-corrected chi connectivity index (χ2v) is 10.7. The van der Waals surface area contributed by atoms with Gasteiger partial charge in [-0.05, 0) is 79.7 Å². The Kier molecular flexibility index (Phi) is 16.4. The van der Waals surface area contributed by atoms with Crippen LogP contribution in [-0.2, 0) is 17.6 Å². The lowest BCUT2D eigenvalue weighted by Gasteiger charge is -2.22. The Hall–Kier alpha value is -2.46. The van der Waals surface area contributed by atoms with E-state index in [2.05, 4.69) is 104 Å². The van der Waals surface area contributed by atoms with E-state index < -0.39 is 0 Å². The van der Waals surface area contributed by atoms with E-state index in [9.17, 15) is 0 Å². The molecule has 0 fully saturated rings. The number of hydrogen-bond acceptors (Lipinski definition) is 3. The van der Waals surface area contributed by atoms with Crippen LogP contribution < -0.4 is 5.32 Å². The Balaban J connectivity index is 0.00000170. The van der Waals surface area contributed by atoms with Gasteiger partial charge >= 0.3 is 0 Å². The molecule has 1 aliphatic carbocycles. The molecule has 0 radical (unpaired) electrons. The molecule has 0 saturated carbocycles. The summed E-state index contributed by atoms with van der Waals surface area (Å²) in [6, 6.07) is 19.2. The highest BCUT2D eigenvalue weighted by atomic mass is 16.4. The van der Waals surface area contributed by atoms with Crippen molar-refractivity contribution < 1.29 is 9.84 Å². The number of methoxy groups -OCH3 is 1. The predicted octanol–water partition coefficient (Wildman–Crippen LogP) is 8.33. The molecule has 2 unspecified atom stereocenters. The van der Waals surface area contributed by atoms with Crippen LogP contribution >= 0.6 is 0 Å². The molecular formula is C36H53NO2. The first-order valence-electron chi connectivity index (χ1n) is 15.0. The van der Waals surface area contributed by atoms with Crippen molar-refractivity contribution in [2.45, 2.75) is 90.5 Å². The van der Waals surface area contributed by atoms with E-state index in [1.54, 1.807) is 14.2 Å². The summed E-state index contributed by atoms with van der Waals surface area (Å²) in [7, 11) is 3.25. The van der Waals surface area contributed by atoms with Gasteiger partial charge in [0.1, 0.15) is 0 Å². The normalized spacial score (nSPS) is 14.5. The minimum atomic E-state index is 0.205. The molecule has 0 spiro atoms. The second kappa shape index (κ2) is 19.6. The van der Waals surface area contributed by atoms with Crippen molar-refractivity contribution in [2.24, 2.45) is 0 Å². The largest absolute Gasteiger partial charge is 0.395 e. The first-order chi connectivity index (χ1) is 19.1. The van der Waals surface area contributed by atoms with Gasteiger partial charge in [0, 0.05) is 32.7 Å². The fraction of sp³-hybridized carbons (Fsp3) is 0.500. The van der Waals surface area contributed by atoms with Crippen LogP contribution in [0.2, 0.25) is 0 Å². The second-order valence-electron chi connectivity index (χ2n) is 10.7. The summed E-state index contributed by atoms with van der Waals surface area (Å²) in [6.45, 7) is 7.59. The van der Waals surface area contributed by atoms with Gasteiger partial charge in [-0.1, -0.05) is 105 Å². The standard InChI is InChI=1S/C34H47NO.C2H6O/c1-4-6-11-29-16-21-32(22-17-29)34(31-14-8-13-28(9-5-2)15-20-31)33-23-18-30(19-24-33)12-7-10-27(3)35-25-26-36;1-3-2/h8,13,15-24,27,34-36H,4-7,9-12,14,25-26H2,1-3H3;1-2H3. The van der Waals surface area contributed by atoms with Crippen LogP contribution in [0.3, 0.4) is 0 Å². The van der Waals surface area contributed by atoms with E-state index in [1.807, 2.05) is 0 Å². The molecule has 0 bridgehead atoms. The molecule has 0 saturated heterocycles. The third-order valence-electron chi connectivity index (χ3n) is 7.26. The lowest BCUT2D eigenvalue weighted by Crippen LogP contribution is -2.28. The van der Waals surface area contributed by atoms with Crippen molar-refractivity contribution in [3.05, 3.63) is 106 Å². The number of benzene rings is 2. The highest BCUT2D eigenvalue weighted by Gasteiger charge is 2.19. The number of nitrogens with one attached hydrogen (secondary N) is 1.